The van der Waals surface area contributed by atoms with E-state index in [2.05, 4.69) is 31.0 Å². The molecule has 0 amide bonds. The van der Waals surface area contributed by atoms with Crippen LogP contribution >= 0.6 is 11.3 Å². The van der Waals surface area contributed by atoms with Crippen LogP contribution in [-0.2, 0) is 0 Å². The van der Waals surface area contributed by atoms with Crippen molar-refractivity contribution in [2.24, 2.45) is 0 Å². The summed E-state index contributed by atoms with van der Waals surface area (Å²) in [5, 5.41) is 9.52. The maximum absolute atomic E-state index is 5.73. The van der Waals surface area contributed by atoms with E-state index in [9.17, 15) is 0 Å². The van der Waals surface area contributed by atoms with Gasteiger partial charge >= 0.3 is 0 Å². The van der Waals surface area contributed by atoms with Crippen molar-refractivity contribution in [3.05, 3.63) is 36.4 Å². The molecule has 144 valence electrons. The molecule has 0 unspecified atom stereocenters. The van der Waals surface area contributed by atoms with Crippen molar-refractivity contribution in [3.8, 4) is 5.75 Å². The highest BCUT2D eigenvalue weighted by molar-refractivity contribution is 7.22. The summed E-state index contributed by atoms with van der Waals surface area (Å²) in [5.41, 5.74) is 1.77. The number of rotatable bonds is 4. The molecule has 1 fully saturated rings. The van der Waals surface area contributed by atoms with Crippen LogP contribution in [0.2, 0.25) is 0 Å². The van der Waals surface area contributed by atoms with Crippen molar-refractivity contribution < 1.29 is 4.74 Å². The SMILES string of the molecule is CCOc1cccc2sc(N3CCN(c4nccn5c(C)nnc45)CC3)nc12. The molecule has 9 heteroatoms. The summed E-state index contributed by atoms with van der Waals surface area (Å²) in [7, 11) is 0. The van der Waals surface area contributed by atoms with Gasteiger partial charge in [0.2, 0.25) is 5.65 Å². The van der Waals surface area contributed by atoms with Gasteiger partial charge in [0.25, 0.3) is 0 Å². The van der Waals surface area contributed by atoms with Crippen molar-refractivity contribution in [1.29, 1.82) is 0 Å². The number of piperazine rings is 1. The van der Waals surface area contributed by atoms with E-state index < -0.39 is 0 Å². The van der Waals surface area contributed by atoms with Crippen molar-refractivity contribution in [3.63, 3.8) is 0 Å². The normalized spacial score (nSPS) is 14.9. The average molecular weight is 395 g/mol. The smallest absolute Gasteiger partial charge is 0.203 e. The number of fused-ring (bicyclic) bond motifs is 2. The monoisotopic (exact) mass is 395 g/mol. The van der Waals surface area contributed by atoms with Gasteiger partial charge in [0.05, 0.1) is 11.3 Å². The van der Waals surface area contributed by atoms with Crippen molar-refractivity contribution in [2.45, 2.75) is 13.8 Å². The van der Waals surface area contributed by atoms with E-state index in [1.54, 1.807) is 11.3 Å². The van der Waals surface area contributed by atoms with Crippen LogP contribution in [0.4, 0.5) is 10.9 Å². The summed E-state index contributed by atoms with van der Waals surface area (Å²) in [6.45, 7) is 8.10. The highest BCUT2D eigenvalue weighted by Gasteiger charge is 2.23. The Kier molecular flexibility index (Phi) is 4.23. The van der Waals surface area contributed by atoms with Crippen LogP contribution in [0, 0.1) is 6.92 Å². The van der Waals surface area contributed by atoms with Gasteiger partial charge < -0.3 is 14.5 Å². The first-order chi connectivity index (χ1) is 13.7. The Morgan fingerprint density at radius 2 is 1.93 bits per heavy atom. The second-order valence-electron chi connectivity index (χ2n) is 6.70. The van der Waals surface area contributed by atoms with Crippen LogP contribution in [0.5, 0.6) is 5.75 Å². The summed E-state index contributed by atoms with van der Waals surface area (Å²) < 4.78 is 8.88. The molecular formula is C19H21N7OS. The van der Waals surface area contributed by atoms with Crippen LogP contribution in [0.25, 0.3) is 15.9 Å². The lowest BCUT2D eigenvalue weighted by Crippen LogP contribution is -2.47. The largest absolute Gasteiger partial charge is 0.492 e. The predicted octanol–water partition coefficient (Wildman–Crippen LogP) is 2.77. The second kappa shape index (κ2) is 6.90. The van der Waals surface area contributed by atoms with E-state index in [4.69, 9.17) is 9.72 Å². The number of aryl methyl sites for hydroxylation is 1. The third-order valence-electron chi connectivity index (χ3n) is 5.00. The van der Waals surface area contributed by atoms with Gasteiger partial charge in [-0.3, -0.25) is 4.40 Å². The number of thiazole rings is 1. The standard InChI is InChI=1S/C19H21N7OS/c1-3-27-14-5-4-6-15-16(14)21-19(28-15)25-11-9-24(10-12-25)17-18-23-22-13(2)26(18)8-7-20-17/h4-8H,3,9-12H2,1-2H3. The zero-order valence-corrected chi connectivity index (χ0v) is 16.7. The third kappa shape index (κ3) is 2.82. The van der Waals surface area contributed by atoms with E-state index in [0.29, 0.717) is 6.61 Å². The molecule has 0 atom stereocenters. The zero-order chi connectivity index (χ0) is 19.1. The van der Waals surface area contributed by atoms with E-state index in [0.717, 1.165) is 64.6 Å². The van der Waals surface area contributed by atoms with E-state index in [1.165, 1.54) is 0 Å². The average Bonchev–Trinajstić information content (AvgIpc) is 3.33. The molecule has 0 spiro atoms. The quantitative estimate of drug-likeness (QED) is 0.526. The molecule has 8 nitrogen and oxygen atoms in total. The van der Waals surface area contributed by atoms with Crippen LogP contribution in [-0.4, -0.2) is 57.4 Å². The molecule has 0 saturated carbocycles. The highest BCUT2D eigenvalue weighted by atomic mass is 32.1. The molecule has 0 radical (unpaired) electrons. The lowest BCUT2D eigenvalue weighted by Gasteiger charge is -2.35. The minimum absolute atomic E-state index is 0.644. The molecule has 0 aliphatic carbocycles. The summed E-state index contributed by atoms with van der Waals surface area (Å²) >= 11 is 1.72. The van der Waals surface area contributed by atoms with E-state index >= 15 is 0 Å². The molecule has 1 saturated heterocycles. The molecule has 1 aromatic carbocycles. The molecule has 5 rings (SSSR count). The first-order valence-corrected chi connectivity index (χ1v) is 10.2. The summed E-state index contributed by atoms with van der Waals surface area (Å²) in [6, 6.07) is 6.12. The van der Waals surface area contributed by atoms with E-state index in [-0.39, 0.29) is 0 Å². The summed E-state index contributed by atoms with van der Waals surface area (Å²) in [6.07, 6.45) is 3.72. The minimum Gasteiger partial charge on any atom is -0.492 e. The lowest BCUT2D eigenvalue weighted by molar-refractivity contribution is 0.344. The number of benzene rings is 1. The summed E-state index contributed by atoms with van der Waals surface area (Å²) in [5.74, 6) is 2.63. The predicted molar refractivity (Wildman–Crippen MR) is 111 cm³/mol. The first-order valence-electron chi connectivity index (χ1n) is 9.43. The van der Waals surface area contributed by atoms with Crippen LogP contribution in [0.1, 0.15) is 12.7 Å². The molecule has 1 aliphatic heterocycles. The van der Waals surface area contributed by atoms with Crippen molar-refractivity contribution >= 4 is 38.2 Å². The van der Waals surface area contributed by atoms with Gasteiger partial charge in [-0.15, -0.1) is 10.2 Å². The molecule has 28 heavy (non-hydrogen) atoms. The number of ether oxygens (including phenoxy) is 1. The fourth-order valence-electron chi connectivity index (χ4n) is 3.58. The molecule has 4 heterocycles. The Labute approximate surface area is 166 Å². The maximum atomic E-state index is 5.73. The fourth-order valence-corrected chi connectivity index (χ4v) is 4.61. The van der Waals surface area contributed by atoms with Gasteiger partial charge in [0.15, 0.2) is 10.9 Å². The molecule has 0 N–H and O–H groups in total. The zero-order valence-electron chi connectivity index (χ0n) is 15.9. The number of hydrogen-bond acceptors (Lipinski definition) is 8. The number of aromatic nitrogens is 5. The van der Waals surface area contributed by atoms with Crippen molar-refractivity contribution in [1.82, 2.24) is 24.6 Å². The highest BCUT2D eigenvalue weighted by Crippen LogP contribution is 2.34. The van der Waals surface area contributed by atoms with Gasteiger partial charge in [0.1, 0.15) is 17.1 Å². The van der Waals surface area contributed by atoms with Gasteiger partial charge in [-0.1, -0.05) is 17.4 Å². The van der Waals surface area contributed by atoms with Crippen LogP contribution in [0.15, 0.2) is 30.6 Å². The Morgan fingerprint density at radius 3 is 2.75 bits per heavy atom. The van der Waals surface area contributed by atoms with Gasteiger partial charge in [-0.05, 0) is 26.0 Å². The number of hydrogen-bond donors (Lipinski definition) is 0. The topological polar surface area (TPSA) is 71.7 Å². The molecule has 0 bridgehead atoms. The van der Waals surface area contributed by atoms with Gasteiger partial charge in [0, 0.05) is 38.6 Å². The number of para-hydroxylation sites is 1. The van der Waals surface area contributed by atoms with Gasteiger partial charge in [-0.2, -0.15) is 0 Å². The number of nitrogens with zero attached hydrogens (tertiary/aromatic N) is 7. The molecule has 4 aromatic rings. The minimum atomic E-state index is 0.644. The fraction of sp³-hybridized carbons (Fsp3) is 0.368. The Bertz CT molecular complexity index is 1130. The van der Waals surface area contributed by atoms with Crippen molar-refractivity contribution in [2.75, 3.05) is 42.6 Å². The molecular weight excluding hydrogens is 374 g/mol. The lowest BCUT2D eigenvalue weighted by atomic mass is 10.3. The molecule has 1 aliphatic rings. The second-order valence-corrected chi connectivity index (χ2v) is 7.71. The maximum Gasteiger partial charge on any atom is 0.203 e. The summed E-state index contributed by atoms with van der Waals surface area (Å²) in [4.78, 5) is 14.0. The molecule has 3 aromatic heterocycles. The number of anilines is 2. The van der Waals surface area contributed by atoms with Crippen LogP contribution in [0.3, 0.4) is 0 Å². The Hall–Kier alpha value is -2.94. The van der Waals surface area contributed by atoms with Crippen LogP contribution < -0.4 is 14.5 Å². The Balaban J connectivity index is 1.37. The first kappa shape index (κ1) is 17.2. The Morgan fingerprint density at radius 1 is 1.11 bits per heavy atom. The van der Waals surface area contributed by atoms with E-state index in [1.807, 2.05) is 42.8 Å². The third-order valence-corrected chi connectivity index (χ3v) is 6.08. The van der Waals surface area contributed by atoms with Gasteiger partial charge in [-0.25, -0.2) is 9.97 Å².